The lowest BCUT2D eigenvalue weighted by atomic mass is 9.88. The summed E-state index contributed by atoms with van der Waals surface area (Å²) in [7, 11) is -2.61. The molecule has 9 heteroatoms. The van der Waals surface area contributed by atoms with Crippen molar-refractivity contribution in [2.24, 2.45) is 0 Å². The zero-order valence-corrected chi connectivity index (χ0v) is 34.5. The average Bonchev–Trinajstić information content (AvgIpc) is 3.24. The zero-order chi connectivity index (χ0) is 37.8. The number of carbonyl (C=O) groups excluding carboxylic acids is 3. The van der Waals surface area contributed by atoms with Crippen molar-refractivity contribution in [2.75, 3.05) is 6.16 Å². The lowest BCUT2D eigenvalue weighted by Crippen LogP contribution is -3.00. The number of esters is 1. The van der Waals surface area contributed by atoms with Crippen molar-refractivity contribution >= 4 is 52.7 Å². The highest BCUT2D eigenvalue weighted by Gasteiger charge is 2.59. The lowest BCUT2D eigenvalue weighted by Gasteiger charge is -2.52. The van der Waals surface area contributed by atoms with Gasteiger partial charge in [-0.25, -0.2) is 4.79 Å². The molecule has 2 amide bonds. The summed E-state index contributed by atoms with van der Waals surface area (Å²) in [5.41, 5.74) is 3.34. The number of halogens is 1. The van der Waals surface area contributed by atoms with Gasteiger partial charge < -0.3 is 34.0 Å². The number of nitrogens with zero attached hydrogens (tertiary/aromatic N) is 1. The number of fused-ring (bicyclic) bond motifs is 1. The quantitative estimate of drug-likeness (QED) is 0.0883. The fraction of sp³-hybridized carbons (Fsp3) is 0.128. The second kappa shape index (κ2) is 17.4. The minimum Gasteiger partial charge on any atom is -1.00 e. The molecule has 2 aliphatic rings. The first kappa shape index (κ1) is 39.2. The van der Waals surface area contributed by atoms with Crippen LogP contribution in [0.1, 0.15) is 35.6 Å². The van der Waals surface area contributed by atoms with Crippen molar-refractivity contribution < 1.29 is 43.1 Å². The number of benzene rings is 6. The van der Waals surface area contributed by atoms with E-state index in [9.17, 15) is 9.59 Å². The Bertz CT molecular complexity index is 2180. The molecule has 6 nitrogen and oxygen atoms in total. The molecule has 6 aromatic rings. The van der Waals surface area contributed by atoms with Gasteiger partial charge in [0, 0.05) is 12.5 Å². The summed E-state index contributed by atoms with van der Waals surface area (Å²) < 4.78 is 6.62. The van der Waals surface area contributed by atoms with Crippen molar-refractivity contribution in [3.8, 4) is 0 Å². The smallest absolute Gasteiger partial charge is 0.356 e. The number of hydrogen-bond acceptors (Lipinski definition) is 5. The van der Waals surface area contributed by atoms with Gasteiger partial charge in [-0.3, -0.25) is 14.5 Å². The predicted octanol–water partition coefficient (Wildman–Crippen LogP) is 4.73. The first-order valence-electron chi connectivity index (χ1n) is 18.3. The third-order valence-corrected chi connectivity index (χ3v) is 16.1. The zero-order valence-electron chi connectivity index (χ0n) is 30.7. The summed E-state index contributed by atoms with van der Waals surface area (Å²) in [4.78, 5) is 44.7. The molecule has 56 heavy (non-hydrogen) atoms. The average molecular weight is 887 g/mol. The second-order valence-corrected chi connectivity index (χ2v) is 18.4. The van der Waals surface area contributed by atoms with Gasteiger partial charge in [-0.2, -0.15) is 0 Å². The number of amides is 2. The molecule has 0 radical (unpaired) electrons. The summed E-state index contributed by atoms with van der Waals surface area (Å²) in [5, 5.41) is 5.50. The summed E-state index contributed by atoms with van der Waals surface area (Å²) in [6, 6.07) is 60.2. The Hall–Kier alpha value is -5.02. The predicted molar refractivity (Wildman–Crippen MR) is 223 cm³/mol. The summed E-state index contributed by atoms with van der Waals surface area (Å²) in [6.45, 7) is 1.50. The Kier molecular flexibility index (Phi) is 12.2. The molecule has 280 valence electrons. The van der Waals surface area contributed by atoms with E-state index in [2.05, 4.69) is 41.7 Å². The van der Waals surface area contributed by atoms with E-state index in [4.69, 9.17) is 4.74 Å². The van der Waals surface area contributed by atoms with E-state index < -0.39 is 36.0 Å². The summed E-state index contributed by atoms with van der Waals surface area (Å²) in [5.74, 6) is -1.51. The van der Waals surface area contributed by atoms with Crippen LogP contribution in [-0.4, -0.2) is 39.6 Å². The highest BCUT2D eigenvalue weighted by atomic mass is 127. The van der Waals surface area contributed by atoms with E-state index in [0.29, 0.717) is 11.7 Å². The Balaban J connectivity index is 0.00000480. The van der Waals surface area contributed by atoms with Gasteiger partial charge in [0.1, 0.15) is 39.6 Å². The first-order chi connectivity index (χ1) is 27.0. The van der Waals surface area contributed by atoms with Crippen LogP contribution in [0.4, 0.5) is 0 Å². The fourth-order valence-corrected chi connectivity index (χ4v) is 13.9. The summed E-state index contributed by atoms with van der Waals surface area (Å²) in [6.07, 6.45) is -0.365. The molecule has 1 saturated heterocycles. The maximum Gasteiger partial charge on any atom is 0.356 e. The topological polar surface area (TPSA) is 75.7 Å². The first-order valence-corrected chi connectivity index (χ1v) is 21.3. The van der Waals surface area contributed by atoms with E-state index in [1.54, 1.807) is 4.90 Å². The van der Waals surface area contributed by atoms with Gasteiger partial charge in [0.25, 0.3) is 0 Å². The molecule has 2 heterocycles. The molecule has 2 unspecified atom stereocenters. The summed E-state index contributed by atoms with van der Waals surface area (Å²) >= 11 is 1.51. The van der Waals surface area contributed by atoms with Crippen molar-refractivity contribution in [1.82, 2.24) is 10.2 Å². The van der Waals surface area contributed by atoms with Crippen LogP contribution in [0.2, 0.25) is 0 Å². The van der Waals surface area contributed by atoms with Gasteiger partial charge in [0.05, 0.1) is 12.1 Å². The van der Waals surface area contributed by atoms with E-state index in [0.717, 1.165) is 32.6 Å². The largest absolute Gasteiger partial charge is 1.00 e. The van der Waals surface area contributed by atoms with Crippen LogP contribution in [0.5, 0.6) is 0 Å². The van der Waals surface area contributed by atoms with Crippen molar-refractivity contribution in [1.29, 1.82) is 0 Å². The molecule has 1 N–H and O–H groups in total. The van der Waals surface area contributed by atoms with E-state index in [1.807, 2.05) is 146 Å². The second-order valence-electron chi connectivity index (χ2n) is 13.7. The van der Waals surface area contributed by atoms with Crippen LogP contribution in [0.25, 0.3) is 0 Å². The Morgan fingerprint density at radius 2 is 1.07 bits per heavy atom. The van der Waals surface area contributed by atoms with Gasteiger partial charge in [-0.15, -0.1) is 11.8 Å². The van der Waals surface area contributed by atoms with Crippen LogP contribution in [-0.2, 0) is 19.1 Å². The highest BCUT2D eigenvalue weighted by molar-refractivity contribution is 8.01. The van der Waals surface area contributed by atoms with Crippen LogP contribution in [0, 0.1) is 0 Å². The molecule has 6 aromatic carbocycles. The van der Waals surface area contributed by atoms with Crippen LogP contribution in [0.15, 0.2) is 193 Å². The molecular weight excluding hydrogens is 846 g/mol. The van der Waals surface area contributed by atoms with E-state index in [-0.39, 0.29) is 41.5 Å². The van der Waals surface area contributed by atoms with Crippen molar-refractivity contribution in [3.05, 3.63) is 210 Å². The number of β-lactam (4-membered cyclic amide) rings is 1. The van der Waals surface area contributed by atoms with Crippen molar-refractivity contribution in [3.63, 3.8) is 0 Å². The van der Waals surface area contributed by atoms with Crippen LogP contribution < -0.4 is 45.2 Å². The highest BCUT2D eigenvalue weighted by Crippen LogP contribution is 2.60. The monoisotopic (exact) mass is 886 g/mol. The number of hydrogen-bond donors (Lipinski definition) is 1. The Labute approximate surface area is 349 Å². The van der Waals surface area contributed by atoms with Gasteiger partial charge in [-0.05, 0) is 53.1 Å². The molecule has 3 atom stereocenters. The third-order valence-electron chi connectivity index (χ3n) is 10.3. The van der Waals surface area contributed by atoms with E-state index in [1.165, 1.54) is 18.7 Å². The van der Waals surface area contributed by atoms with Crippen LogP contribution in [0.3, 0.4) is 0 Å². The van der Waals surface area contributed by atoms with Gasteiger partial charge in [0.15, 0.2) is 6.10 Å². The number of ether oxygens (including phenoxy) is 1. The lowest BCUT2D eigenvalue weighted by molar-refractivity contribution is -0.153. The maximum absolute atomic E-state index is 15.3. The standard InChI is InChI=1S/C47H39N2O4PS.HI/c1-33(50)48-44-40(32-54(37-26-14-5-15-27-37,38-28-16-6-17-29-38)39-30-18-7-19-31-39)42(49-45(51)41(46(49)55-44)34-20-8-2-9-21-34)47(52)53-43(35-22-10-3-11-23-35)36-24-12-4-13-25-36;/h2-31,41,43-44,46H,32H2,1H3;1H/t41?,44?,46-;/m1./s1. The molecular formula is C47H40IN2O4PS. The van der Waals surface area contributed by atoms with E-state index >= 15 is 4.79 Å². The molecule has 0 aliphatic carbocycles. The molecule has 8 rings (SSSR count). The normalized spacial score (nSPS) is 17.6. The maximum atomic E-state index is 15.3. The van der Waals surface area contributed by atoms with Gasteiger partial charge >= 0.3 is 5.97 Å². The molecule has 0 saturated carbocycles. The van der Waals surface area contributed by atoms with Crippen molar-refractivity contribution in [2.45, 2.75) is 29.7 Å². The number of carbonyl (C=O) groups is 3. The molecule has 0 spiro atoms. The molecule has 0 aromatic heterocycles. The number of rotatable bonds is 11. The third kappa shape index (κ3) is 7.58. The van der Waals surface area contributed by atoms with Gasteiger partial charge in [0.2, 0.25) is 11.8 Å². The van der Waals surface area contributed by atoms with Gasteiger partial charge in [-0.1, -0.05) is 146 Å². The fourth-order valence-electron chi connectivity index (χ4n) is 7.77. The number of nitrogens with one attached hydrogen (secondary N) is 1. The Morgan fingerprint density at radius 3 is 1.50 bits per heavy atom. The molecule has 1 fully saturated rings. The van der Waals surface area contributed by atoms with Crippen LogP contribution >= 0.6 is 19.0 Å². The number of thioether (sulfide) groups is 1. The molecule has 0 bridgehead atoms. The Morgan fingerprint density at radius 1 is 0.661 bits per heavy atom. The SMILES string of the molecule is CC(=O)NC1S[C@@H]2C(c3ccccc3)C(=O)N2C(C(=O)OC(c2ccccc2)c2ccccc2)=C1C[P+](c1ccccc1)(c1ccccc1)c1ccccc1.[I-]. The minimum absolute atomic E-state index is 0. The minimum atomic E-state index is -2.61. The molecule has 2 aliphatic heterocycles.